The lowest BCUT2D eigenvalue weighted by Gasteiger charge is -2.32. The van der Waals surface area contributed by atoms with E-state index in [0.29, 0.717) is 5.92 Å². The van der Waals surface area contributed by atoms with E-state index in [0.717, 1.165) is 43.7 Å². The lowest BCUT2D eigenvalue weighted by atomic mass is 9.98. The number of carbonyl (C=O) groups excluding carboxylic acids is 1. The molecule has 1 aromatic heterocycles. The number of thiazole rings is 1. The fourth-order valence-electron chi connectivity index (χ4n) is 3.22. The molecule has 0 spiro atoms. The van der Waals surface area contributed by atoms with Gasteiger partial charge in [0.15, 0.2) is 0 Å². The molecule has 0 aliphatic carbocycles. The molecule has 1 saturated heterocycles. The highest BCUT2D eigenvalue weighted by Crippen LogP contribution is 2.29. The van der Waals surface area contributed by atoms with Crippen molar-refractivity contribution in [2.24, 2.45) is 0 Å². The average Bonchev–Trinajstić information content (AvgIpc) is 3.01. The molecule has 1 fully saturated rings. The van der Waals surface area contributed by atoms with Crippen LogP contribution in [0.3, 0.4) is 0 Å². The molecule has 1 aliphatic heterocycles. The third kappa shape index (κ3) is 4.02. The summed E-state index contributed by atoms with van der Waals surface area (Å²) in [7, 11) is 4.10. The van der Waals surface area contributed by atoms with Gasteiger partial charge >= 0.3 is 0 Å². The van der Waals surface area contributed by atoms with Gasteiger partial charge in [0.25, 0.3) is 5.91 Å². The van der Waals surface area contributed by atoms with Gasteiger partial charge in [0, 0.05) is 42.2 Å². The number of likely N-dealkylation sites (tertiary alicyclic amines) is 1. The number of piperidine rings is 1. The number of aromatic nitrogens is 1. The fourth-order valence-corrected chi connectivity index (χ4v) is 4.15. The second-order valence-corrected chi connectivity index (χ2v) is 7.74. The van der Waals surface area contributed by atoms with E-state index in [2.05, 4.69) is 27.4 Å². The van der Waals surface area contributed by atoms with Gasteiger partial charge in [-0.15, -0.1) is 11.3 Å². The first-order valence-corrected chi connectivity index (χ1v) is 9.36. The first-order chi connectivity index (χ1) is 11.5. The minimum Gasteiger partial charge on any atom is -0.338 e. The van der Waals surface area contributed by atoms with Crippen LogP contribution in [0.2, 0.25) is 0 Å². The molecule has 0 bridgehead atoms. The highest BCUT2D eigenvalue weighted by atomic mass is 32.1. The van der Waals surface area contributed by atoms with Gasteiger partial charge in [0.1, 0.15) is 0 Å². The minimum atomic E-state index is 0.143. The van der Waals surface area contributed by atoms with E-state index in [1.165, 1.54) is 10.6 Å². The van der Waals surface area contributed by atoms with Crippen LogP contribution in [0.15, 0.2) is 29.6 Å². The van der Waals surface area contributed by atoms with Gasteiger partial charge in [-0.25, -0.2) is 4.98 Å². The summed E-state index contributed by atoms with van der Waals surface area (Å²) in [5.74, 6) is 0.527. The van der Waals surface area contributed by atoms with Gasteiger partial charge in [0.05, 0.1) is 5.01 Å². The summed E-state index contributed by atoms with van der Waals surface area (Å²) in [5, 5.41) is 3.27. The lowest BCUT2D eigenvalue weighted by molar-refractivity contribution is 0.0707. The average molecular weight is 343 g/mol. The van der Waals surface area contributed by atoms with Gasteiger partial charge in [0.2, 0.25) is 0 Å². The van der Waals surface area contributed by atoms with E-state index in [9.17, 15) is 4.79 Å². The first-order valence-electron chi connectivity index (χ1n) is 8.48. The predicted molar refractivity (Wildman–Crippen MR) is 98.6 cm³/mol. The summed E-state index contributed by atoms with van der Waals surface area (Å²) in [6.07, 6.45) is 2.17. The van der Waals surface area contributed by atoms with Crippen LogP contribution in [-0.4, -0.2) is 47.9 Å². The maximum absolute atomic E-state index is 12.8. The Balaban J connectivity index is 1.67. The summed E-state index contributed by atoms with van der Waals surface area (Å²) in [5.41, 5.74) is 3.09. The summed E-state index contributed by atoms with van der Waals surface area (Å²) < 4.78 is 0. The second kappa shape index (κ2) is 7.45. The molecule has 0 saturated carbocycles. The van der Waals surface area contributed by atoms with Crippen molar-refractivity contribution in [2.45, 2.75) is 32.2 Å². The number of rotatable bonds is 4. The molecular formula is C19H25N3OS. The molecule has 128 valence electrons. The number of hydrogen-bond acceptors (Lipinski definition) is 4. The van der Waals surface area contributed by atoms with Crippen LogP contribution < -0.4 is 0 Å². The van der Waals surface area contributed by atoms with Crippen LogP contribution in [0.25, 0.3) is 0 Å². The number of aryl methyl sites for hydroxylation is 1. The third-order valence-corrected chi connectivity index (χ3v) is 5.52. The largest absolute Gasteiger partial charge is 0.338 e. The molecular weight excluding hydrogens is 318 g/mol. The van der Waals surface area contributed by atoms with Gasteiger partial charge in [-0.05, 0) is 51.6 Å². The van der Waals surface area contributed by atoms with E-state index >= 15 is 0 Å². The van der Waals surface area contributed by atoms with Crippen LogP contribution >= 0.6 is 11.3 Å². The third-order valence-electron chi connectivity index (χ3n) is 4.39. The Hall–Kier alpha value is -1.72. The van der Waals surface area contributed by atoms with Gasteiger partial charge < -0.3 is 9.80 Å². The Labute approximate surface area is 148 Å². The lowest BCUT2D eigenvalue weighted by Crippen LogP contribution is -2.39. The zero-order valence-corrected chi connectivity index (χ0v) is 15.5. The molecule has 3 rings (SSSR count). The molecule has 1 aliphatic rings. The van der Waals surface area contributed by atoms with E-state index in [1.807, 2.05) is 38.1 Å². The van der Waals surface area contributed by atoms with E-state index < -0.39 is 0 Å². The zero-order chi connectivity index (χ0) is 17.1. The van der Waals surface area contributed by atoms with Crippen molar-refractivity contribution in [3.05, 3.63) is 51.5 Å². The van der Waals surface area contributed by atoms with Crippen LogP contribution in [0.1, 0.15) is 45.4 Å². The number of hydrogen-bond donors (Lipinski definition) is 0. The Bertz CT molecular complexity index is 693. The van der Waals surface area contributed by atoms with Crippen LogP contribution in [0.5, 0.6) is 0 Å². The van der Waals surface area contributed by atoms with Crippen molar-refractivity contribution < 1.29 is 4.79 Å². The van der Waals surface area contributed by atoms with Crippen LogP contribution in [-0.2, 0) is 6.54 Å². The number of amides is 1. The molecule has 1 atom stereocenters. The Kier molecular flexibility index (Phi) is 5.31. The second-order valence-electron chi connectivity index (χ2n) is 6.85. The molecule has 1 amide bonds. The molecule has 0 N–H and O–H groups in total. The Morgan fingerprint density at radius 2 is 2.08 bits per heavy atom. The van der Waals surface area contributed by atoms with Gasteiger partial charge in [-0.2, -0.15) is 0 Å². The topological polar surface area (TPSA) is 36.4 Å². The maximum atomic E-state index is 12.8. The molecule has 2 heterocycles. The summed E-state index contributed by atoms with van der Waals surface area (Å²) in [6.45, 7) is 4.55. The van der Waals surface area contributed by atoms with E-state index in [1.54, 1.807) is 11.3 Å². The molecule has 2 aromatic rings. The highest BCUT2D eigenvalue weighted by molar-refractivity contribution is 7.09. The van der Waals surface area contributed by atoms with Crippen molar-refractivity contribution in [2.75, 3.05) is 27.2 Å². The molecule has 24 heavy (non-hydrogen) atoms. The van der Waals surface area contributed by atoms with Crippen molar-refractivity contribution in [3.63, 3.8) is 0 Å². The number of nitrogens with zero attached hydrogens (tertiary/aromatic N) is 3. The molecule has 0 radical (unpaired) electrons. The molecule has 1 aromatic carbocycles. The molecule has 5 heteroatoms. The van der Waals surface area contributed by atoms with Gasteiger partial charge in [-0.3, -0.25) is 4.79 Å². The Morgan fingerprint density at radius 3 is 2.71 bits per heavy atom. The summed E-state index contributed by atoms with van der Waals surface area (Å²) in [6, 6.07) is 8.02. The van der Waals surface area contributed by atoms with Crippen molar-refractivity contribution in [1.29, 1.82) is 0 Å². The highest BCUT2D eigenvalue weighted by Gasteiger charge is 2.27. The van der Waals surface area contributed by atoms with Crippen LogP contribution in [0.4, 0.5) is 0 Å². The van der Waals surface area contributed by atoms with E-state index in [4.69, 9.17) is 0 Å². The first kappa shape index (κ1) is 17.1. The SMILES string of the molecule is Cc1csc([C@H]2CCCN(C(=O)c3ccc(CN(C)C)cc3)C2)n1. The number of carbonyl (C=O) groups is 1. The standard InChI is InChI=1S/C19H25N3OS/c1-14-13-24-18(20-14)17-5-4-10-22(12-17)19(23)16-8-6-15(7-9-16)11-21(2)3/h6-9,13,17H,4-5,10-12H2,1-3H3/t17-/m0/s1. The predicted octanol–water partition coefficient (Wildman–Crippen LogP) is 3.53. The zero-order valence-electron chi connectivity index (χ0n) is 14.7. The summed E-state index contributed by atoms with van der Waals surface area (Å²) in [4.78, 5) is 21.5. The fraction of sp³-hybridized carbons (Fsp3) is 0.474. The van der Waals surface area contributed by atoms with Crippen LogP contribution in [0, 0.1) is 6.92 Å². The number of benzene rings is 1. The summed E-state index contributed by atoms with van der Waals surface area (Å²) >= 11 is 1.72. The van der Waals surface area contributed by atoms with E-state index in [-0.39, 0.29) is 5.91 Å². The normalized spacial score (nSPS) is 18.2. The minimum absolute atomic E-state index is 0.143. The monoisotopic (exact) mass is 343 g/mol. The van der Waals surface area contributed by atoms with Gasteiger partial charge in [-0.1, -0.05) is 12.1 Å². The molecule has 0 unspecified atom stereocenters. The maximum Gasteiger partial charge on any atom is 0.253 e. The van der Waals surface area contributed by atoms with Crippen molar-refractivity contribution in [3.8, 4) is 0 Å². The van der Waals surface area contributed by atoms with Crippen molar-refractivity contribution >= 4 is 17.2 Å². The molecule has 4 nitrogen and oxygen atoms in total. The quantitative estimate of drug-likeness (QED) is 0.852. The smallest absolute Gasteiger partial charge is 0.253 e. The Morgan fingerprint density at radius 1 is 1.33 bits per heavy atom. The van der Waals surface area contributed by atoms with Crippen molar-refractivity contribution in [1.82, 2.24) is 14.8 Å².